The van der Waals surface area contributed by atoms with Crippen molar-refractivity contribution in [1.29, 1.82) is 0 Å². The first kappa shape index (κ1) is 17.2. The number of rotatable bonds is 3. The van der Waals surface area contributed by atoms with E-state index < -0.39 is 6.10 Å². The second-order valence-electron chi connectivity index (χ2n) is 7.33. The van der Waals surface area contributed by atoms with Gasteiger partial charge in [-0.15, -0.1) is 10.2 Å². The number of phenolic OH excluding ortho intramolecular Hbond substituents is 1. The van der Waals surface area contributed by atoms with Gasteiger partial charge < -0.3 is 25.0 Å². The zero-order valence-corrected chi connectivity index (χ0v) is 15.3. The number of nitrogens with one attached hydrogen (secondary N) is 1. The van der Waals surface area contributed by atoms with Crippen LogP contribution >= 0.6 is 11.6 Å². The summed E-state index contributed by atoms with van der Waals surface area (Å²) in [6.07, 6.45) is 2.16. The number of fused-ring (bicyclic) bond motifs is 4. The van der Waals surface area contributed by atoms with Crippen LogP contribution in [0.15, 0.2) is 18.2 Å². The Balaban J connectivity index is 1.61. The maximum Gasteiger partial charge on any atom is 0.155 e. The SMILES string of the molecule is Oc1cc(Cl)ccc1-c1nnc(NC2COCC2O)c2c1C[C@H]1CC[C@@H]2O1. The first-order valence-electron chi connectivity index (χ1n) is 9.16. The lowest BCUT2D eigenvalue weighted by atomic mass is 9.94. The highest BCUT2D eigenvalue weighted by atomic mass is 35.5. The molecule has 3 aliphatic rings. The van der Waals surface area contributed by atoms with E-state index in [0.717, 1.165) is 30.4 Å². The highest BCUT2D eigenvalue weighted by molar-refractivity contribution is 6.30. The number of aliphatic hydroxyl groups excluding tert-OH is 1. The molecule has 3 aliphatic heterocycles. The lowest BCUT2D eigenvalue weighted by Crippen LogP contribution is -2.33. The van der Waals surface area contributed by atoms with Crippen LogP contribution in [0.25, 0.3) is 11.3 Å². The second kappa shape index (κ2) is 6.60. The number of hydrogen-bond donors (Lipinski definition) is 3. The molecule has 2 aromatic rings. The molecule has 5 rings (SSSR count). The summed E-state index contributed by atoms with van der Waals surface area (Å²) in [6, 6.07) is 4.78. The van der Waals surface area contributed by atoms with Crippen molar-refractivity contribution in [1.82, 2.24) is 10.2 Å². The summed E-state index contributed by atoms with van der Waals surface area (Å²) in [7, 11) is 0. The summed E-state index contributed by atoms with van der Waals surface area (Å²) in [5, 5.41) is 33.0. The number of aliphatic hydroxyl groups is 1. The summed E-state index contributed by atoms with van der Waals surface area (Å²) in [5.41, 5.74) is 3.29. The van der Waals surface area contributed by atoms with Crippen molar-refractivity contribution in [3.05, 3.63) is 34.3 Å². The van der Waals surface area contributed by atoms with Gasteiger partial charge in [-0.05, 0) is 36.6 Å². The van der Waals surface area contributed by atoms with Crippen LogP contribution in [0.4, 0.5) is 5.82 Å². The first-order chi connectivity index (χ1) is 13.1. The molecule has 0 radical (unpaired) electrons. The molecule has 0 saturated carbocycles. The number of hydrogen-bond acceptors (Lipinski definition) is 7. The monoisotopic (exact) mass is 389 g/mol. The van der Waals surface area contributed by atoms with Crippen LogP contribution in [0, 0.1) is 0 Å². The molecule has 2 fully saturated rings. The predicted molar refractivity (Wildman–Crippen MR) is 98.9 cm³/mol. The summed E-state index contributed by atoms with van der Waals surface area (Å²) in [5.74, 6) is 0.709. The standard InChI is InChI=1S/C19H20ClN3O4/c20-9-1-3-11(14(24)5-9)18-12-6-10-2-4-16(27-10)17(12)19(23-22-18)21-13-7-26-8-15(13)25/h1,3,5,10,13,15-16,24-25H,2,4,6-8H2,(H,21,23)/t10-,13?,15?,16+/m1/s1. The molecule has 2 saturated heterocycles. The van der Waals surface area contributed by atoms with E-state index in [1.165, 1.54) is 6.07 Å². The van der Waals surface area contributed by atoms with Gasteiger partial charge in [0.05, 0.1) is 37.6 Å². The number of aromatic hydroxyl groups is 1. The van der Waals surface area contributed by atoms with Crippen molar-refractivity contribution in [2.24, 2.45) is 0 Å². The maximum atomic E-state index is 10.4. The molecular weight excluding hydrogens is 370 g/mol. The Kier molecular flexibility index (Phi) is 4.20. The van der Waals surface area contributed by atoms with Gasteiger partial charge in [0, 0.05) is 22.6 Å². The molecule has 27 heavy (non-hydrogen) atoms. The predicted octanol–water partition coefficient (Wildman–Crippen LogP) is 2.45. The van der Waals surface area contributed by atoms with Crippen LogP contribution in [0.1, 0.15) is 30.1 Å². The minimum atomic E-state index is -0.580. The van der Waals surface area contributed by atoms with Crippen LogP contribution in [-0.2, 0) is 15.9 Å². The second-order valence-corrected chi connectivity index (χ2v) is 7.77. The molecule has 0 aliphatic carbocycles. The third kappa shape index (κ3) is 2.95. The number of halogens is 1. The molecule has 142 valence electrons. The van der Waals surface area contributed by atoms with E-state index in [2.05, 4.69) is 15.5 Å². The number of anilines is 1. The zero-order chi connectivity index (χ0) is 18.5. The third-order valence-electron chi connectivity index (χ3n) is 5.56. The van der Waals surface area contributed by atoms with Gasteiger partial charge in [-0.3, -0.25) is 0 Å². The largest absolute Gasteiger partial charge is 0.507 e. The number of ether oxygens (including phenoxy) is 2. The zero-order valence-electron chi connectivity index (χ0n) is 14.6. The van der Waals surface area contributed by atoms with Gasteiger partial charge in [0.15, 0.2) is 5.82 Å². The highest BCUT2D eigenvalue weighted by Crippen LogP contribution is 2.47. The van der Waals surface area contributed by atoms with Crippen LogP contribution in [-0.4, -0.2) is 51.9 Å². The smallest absolute Gasteiger partial charge is 0.155 e. The lowest BCUT2D eigenvalue weighted by Gasteiger charge is -2.28. The minimum absolute atomic E-state index is 0.0515. The summed E-state index contributed by atoms with van der Waals surface area (Å²) in [4.78, 5) is 0. The Hall–Kier alpha value is -1.93. The molecule has 0 amide bonds. The molecule has 0 spiro atoms. The van der Waals surface area contributed by atoms with E-state index >= 15 is 0 Å². The molecule has 3 N–H and O–H groups in total. The van der Waals surface area contributed by atoms with Gasteiger partial charge in [-0.25, -0.2) is 0 Å². The van der Waals surface area contributed by atoms with E-state index in [0.29, 0.717) is 35.3 Å². The average molecular weight is 390 g/mol. The molecule has 2 unspecified atom stereocenters. The molecule has 8 heteroatoms. The van der Waals surface area contributed by atoms with E-state index in [1.54, 1.807) is 12.1 Å². The molecule has 1 aromatic carbocycles. The Morgan fingerprint density at radius 2 is 2.07 bits per heavy atom. The van der Waals surface area contributed by atoms with Crippen LogP contribution in [0.3, 0.4) is 0 Å². The molecule has 4 heterocycles. The van der Waals surface area contributed by atoms with E-state index in [4.69, 9.17) is 21.1 Å². The lowest BCUT2D eigenvalue weighted by molar-refractivity contribution is 0.0325. The third-order valence-corrected chi connectivity index (χ3v) is 5.80. The molecule has 7 nitrogen and oxygen atoms in total. The Bertz CT molecular complexity index is 893. The maximum absolute atomic E-state index is 10.4. The van der Waals surface area contributed by atoms with Crippen molar-refractivity contribution < 1.29 is 19.7 Å². The fourth-order valence-electron chi connectivity index (χ4n) is 4.22. The van der Waals surface area contributed by atoms with Crippen LogP contribution < -0.4 is 5.32 Å². The van der Waals surface area contributed by atoms with Crippen molar-refractivity contribution in [2.45, 2.75) is 43.6 Å². The molecular formula is C19H20ClN3O4. The van der Waals surface area contributed by atoms with Gasteiger partial charge in [0.2, 0.25) is 0 Å². The van der Waals surface area contributed by atoms with E-state index in [-0.39, 0.29) is 24.0 Å². The molecule has 2 bridgehead atoms. The fraction of sp³-hybridized carbons (Fsp3) is 0.474. The van der Waals surface area contributed by atoms with Crippen molar-refractivity contribution in [3.8, 4) is 17.0 Å². The van der Waals surface area contributed by atoms with Crippen LogP contribution in [0.5, 0.6) is 5.75 Å². The highest BCUT2D eigenvalue weighted by Gasteiger charge is 2.39. The number of nitrogens with zero attached hydrogens (tertiary/aromatic N) is 2. The summed E-state index contributed by atoms with van der Waals surface area (Å²) >= 11 is 5.98. The number of phenols is 1. The van der Waals surface area contributed by atoms with Gasteiger partial charge >= 0.3 is 0 Å². The Morgan fingerprint density at radius 1 is 1.19 bits per heavy atom. The van der Waals surface area contributed by atoms with Gasteiger partial charge in [-0.2, -0.15) is 0 Å². The quantitative estimate of drug-likeness (QED) is 0.741. The number of benzene rings is 1. The van der Waals surface area contributed by atoms with Crippen molar-refractivity contribution in [3.63, 3.8) is 0 Å². The Labute approximate surface area is 161 Å². The molecule has 1 aromatic heterocycles. The first-order valence-corrected chi connectivity index (χ1v) is 9.54. The normalized spacial score (nSPS) is 29.0. The van der Waals surface area contributed by atoms with E-state index in [9.17, 15) is 10.2 Å². The average Bonchev–Trinajstić information content (AvgIpc) is 3.22. The fourth-order valence-corrected chi connectivity index (χ4v) is 4.38. The minimum Gasteiger partial charge on any atom is -0.507 e. The van der Waals surface area contributed by atoms with Crippen molar-refractivity contribution in [2.75, 3.05) is 18.5 Å². The Morgan fingerprint density at radius 3 is 2.85 bits per heavy atom. The topological polar surface area (TPSA) is 96.7 Å². The van der Waals surface area contributed by atoms with Gasteiger partial charge in [0.25, 0.3) is 0 Å². The summed E-state index contributed by atoms with van der Waals surface area (Å²) in [6.45, 7) is 0.734. The van der Waals surface area contributed by atoms with E-state index in [1.807, 2.05) is 0 Å². The van der Waals surface area contributed by atoms with Crippen LogP contribution in [0.2, 0.25) is 5.02 Å². The number of aromatic nitrogens is 2. The molecule has 4 atom stereocenters. The summed E-state index contributed by atoms with van der Waals surface area (Å²) < 4.78 is 11.4. The van der Waals surface area contributed by atoms with Gasteiger partial charge in [-0.1, -0.05) is 11.6 Å². The van der Waals surface area contributed by atoms with Gasteiger partial charge in [0.1, 0.15) is 11.4 Å². The van der Waals surface area contributed by atoms with Crippen molar-refractivity contribution >= 4 is 17.4 Å².